The van der Waals surface area contributed by atoms with Crippen LogP contribution in [0.2, 0.25) is 0 Å². The molecule has 7 heteroatoms. The fourth-order valence-corrected chi connectivity index (χ4v) is 4.78. The third kappa shape index (κ3) is 5.30. The van der Waals surface area contributed by atoms with Crippen LogP contribution < -0.4 is 14.8 Å². The van der Waals surface area contributed by atoms with E-state index in [9.17, 15) is 9.59 Å². The molecule has 1 saturated heterocycles. The van der Waals surface area contributed by atoms with E-state index in [0.717, 1.165) is 37.2 Å². The number of fused-ring (bicyclic) bond motifs is 1. The van der Waals surface area contributed by atoms with Crippen LogP contribution >= 0.6 is 0 Å². The number of nitrogens with one attached hydrogen (secondary N) is 1. The van der Waals surface area contributed by atoms with Crippen molar-refractivity contribution in [3.63, 3.8) is 0 Å². The molecule has 33 heavy (non-hydrogen) atoms. The molecule has 2 heterocycles. The highest BCUT2D eigenvalue weighted by atomic mass is 16.5. The Morgan fingerprint density at radius 2 is 1.82 bits per heavy atom. The van der Waals surface area contributed by atoms with Gasteiger partial charge in [-0.1, -0.05) is 24.3 Å². The van der Waals surface area contributed by atoms with Gasteiger partial charge in [0.05, 0.1) is 26.7 Å². The van der Waals surface area contributed by atoms with Crippen molar-refractivity contribution in [3.05, 3.63) is 59.2 Å². The van der Waals surface area contributed by atoms with Crippen LogP contribution in [-0.4, -0.2) is 62.0 Å². The number of carbonyl (C=O) groups excluding carboxylic acids is 2. The number of carbonyl (C=O) groups is 2. The van der Waals surface area contributed by atoms with E-state index < -0.39 is 6.04 Å². The summed E-state index contributed by atoms with van der Waals surface area (Å²) in [6, 6.07) is 12.8. The lowest BCUT2D eigenvalue weighted by Gasteiger charge is -2.28. The predicted molar refractivity (Wildman–Crippen MR) is 127 cm³/mol. The number of rotatable bonds is 10. The average Bonchev–Trinajstić information content (AvgIpc) is 3.48. The molecule has 7 nitrogen and oxygen atoms in total. The van der Waals surface area contributed by atoms with Crippen LogP contribution in [0.25, 0.3) is 0 Å². The molecule has 0 aromatic heterocycles. The van der Waals surface area contributed by atoms with Gasteiger partial charge in [-0.3, -0.25) is 9.59 Å². The van der Waals surface area contributed by atoms with Crippen LogP contribution in [-0.2, 0) is 11.3 Å². The summed E-state index contributed by atoms with van der Waals surface area (Å²) in [6.07, 6.45) is 3.66. The Bertz CT molecular complexity index is 987. The Morgan fingerprint density at radius 1 is 1.06 bits per heavy atom. The first kappa shape index (κ1) is 23.1. The monoisotopic (exact) mass is 451 g/mol. The van der Waals surface area contributed by atoms with Crippen LogP contribution in [0.5, 0.6) is 11.5 Å². The largest absolute Gasteiger partial charge is 0.493 e. The highest BCUT2D eigenvalue weighted by Gasteiger charge is 2.34. The summed E-state index contributed by atoms with van der Waals surface area (Å²) in [4.78, 5) is 30.4. The second-order valence-electron chi connectivity index (χ2n) is 8.68. The Balaban J connectivity index is 1.48. The minimum Gasteiger partial charge on any atom is -0.493 e. The number of methoxy groups -OCH3 is 2. The molecule has 2 aromatic rings. The predicted octanol–water partition coefficient (Wildman–Crippen LogP) is 3.39. The fraction of sp³-hybridized carbons (Fsp3) is 0.462. The summed E-state index contributed by atoms with van der Waals surface area (Å²) in [5, 5.41) is 3.06. The van der Waals surface area contributed by atoms with E-state index in [2.05, 4.69) is 10.2 Å². The number of hydrogen-bond acceptors (Lipinski definition) is 5. The average molecular weight is 452 g/mol. The molecule has 176 valence electrons. The van der Waals surface area contributed by atoms with Gasteiger partial charge in [-0.25, -0.2) is 0 Å². The molecule has 1 atom stereocenters. The van der Waals surface area contributed by atoms with E-state index in [0.29, 0.717) is 30.2 Å². The molecule has 0 aliphatic carbocycles. The van der Waals surface area contributed by atoms with Gasteiger partial charge < -0.3 is 24.6 Å². The van der Waals surface area contributed by atoms with Gasteiger partial charge >= 0.3 is 0 Å². The number of hydrogen-bond donors (Lipinski definition) is 1. The molecule has 2 aliphatic rings. The fourth-order valence-electron chi connectivity index (χ4n) is 4.78. The van der Waals surface area contributed by atoms with E-state index in [4.69, 9.17) is 9.47 Å². The first-order valence-electron chi connectivity index (χ1n) is 11.7. The number of likely N-dealkylation sites (tertiary alicyclic amines) is 1. The van der Waals surface area contributed by atoms with Crippen molar-refractivity contribution in [2.45, 2.75) is 38.3 Å². The molecule has 0 spiro atoms. The van der Waals surface area contributed by atoms with Crippen LogP contribution in [0.15, 0.2) is 42.5 Å². The zero-order chi connectivity index (χ0) is 23.2. The summed E-state index contributed by atoms with van der Waals surface area (Å²) in [7, 11) is 3.17. The molecule has 1 N–H and O–H groups in total. The number of nitrogens with zero attached hydrogens (tertiary/aromatic N) is 2. The van der Waals surface area contributed by atoms with Crippen molar-refractivity contribution < 1.29 is 19.1 Å². The zero-order valence-electron chi connectivity index (χ0n) is 19.5. The Kier molecular flexibility index (Phi) is 7.50. The van der Waals surface area contributed by atoms with Crippen LogP contribution in [0.4, 0.5) is 0 Å². The van der Waals surface area contributed by atoms with Gasteiger partial charge in [0.15, 0.2) is 11.5 Å². The highest BCUT2D eigenvalue weighted by molar-refractivity contribution is 5.98. The summed E-state index contributed by atoms with van der Waals surface area (Å²) in [5.41, 5.74) is 2.54. The zero-order valence-corrected chi connectivity index (χ0v) is 19.5. The van der Waals surface area contributed by atoms with E-state index >= 15 is 0 Å². The van der Waals surface area contributed by atoms with Crippen molar-refractivity contribution >= 4 is 11.8 Å². The summed E-state index contributed by atoms with van der Waals surface area (Å²) >= 11 is 0. The van der Waals surface area contributed by atoms with Crippen molar-refractivity contribution in [2.75, 3.05) is 40.4 Å². The van der Waals surface area contributed by atoms with Crippen molar-refractivity contribution in [2.24, 2.45) is 0 Å². The van der Waals surface area contributed by atoms with Crippen molar-refractivity contribution in [3.8, 4) is 11.5 Å². The molecule has 0 saturated carbocycles. The summed E-state index contributed by atoms with van der Waals surface area (Å²) < 4.78 is 10.8. The Hall–Kier alpha value is -3.06. The van der Waals surface area contributed by atoms with Gasteiger partial charge in [0, 0.05) is 18.7 Å². The maximum Gasteiger partial charge on any atom is 0.255 e. The Morgan fingerprint density at radius 3 is 2.55 bits per heavy atom. The first-order valence-corrected chi connectivity index (χ1v) is 11.7. The van der Waals surface area contributed by atoms with Gasteiger partial charge in [-0.05, 0) is 68.2 Å². The van der Waals surface area contributed by atoms with Gasteiger partial charge in [0.25, 0.3) is 5.91 Å². The molecular weight excluding hydrogens is 418 g/mol. The molecule has 2 aliphatic heterocycles. The number of ether oxygens (including phenoxy) is 2. The Labute approximate surface area is 195 Å². The molecule has 1 fully saturated rings. The van der Waals surface area contributed by atoms with E-state index in [1.807, 2.05) is 42.5 Å². The van der Waals surface area contributed by atoms with E-state index in [1.165, 1.54) is 12.8 Å². The molecule has 0 bridgehead atoms. The molecule has 2 amide bonds. The van der Waals surface area contributed by atoms with E-state index in [1.54, 1.807) is 19.1 Å². The smallest absolute Gasteiger partial charge is 0.255 e. The molecule has 0 unspecified atom stereocenters. The second-order valence-corrected chi connectivity index (χ2v) is 8.68. The lowest BCUT2D eigenvalue weighted by molar-refractivity contribution is -0.122. The van der Waals surface area contributed by atoms with Crippen molar-refractivity contribution in [1.82, 2.24) is 15.1 Å². The third-order valence-electron chi connectivity index (χ3n) is 6.57. The van der Waals surface area contributed by atoms with Crippen LogP contribution in [0.3, 0.4) is 0 Å². The van der Waals surface area contributed by atoms with Crippen molar-refractivity contribution in [1.29, 1.82) is 0 Å². The molecule has 2 aromatic carbocycles. The quantitative estimate of drug-likeness (QED) is 0.561. The normalized spacial score (nSPS) is 16.5. The number of amides is 2. The molecule has 4 rings (SSSR count). The highest BCUT2D eigenvalue weighted by Crippen LogP contribution is 2.37. The van der Waals surface area contributed by atoms with Gasteiger partial charge in [-0.2, -0.15) is 0 Å². The van der Waals surface area contributed by atoms with E-state index in [-0.39, 0.29) is 18.2 Å². The number of benzene rings is 2. The SMILES string of the molecule is COc1ccc([C@@H](CC(=O)NCCCN2CCCC2)N2Cc3ccccc3C2=O)cc1OC. The third-order valence-corrected chi connectivity index (χ3v) is 6.57. The summed E-state index contributed by atoms with van der Waals surface area (Å²) in [5.74, 6) is 1.09. The van der Waals surface area contributed by atoms with Gasteiger partial charge in [0.1, 0.15) is 0 Å². The van der Waals surface area contributed by atoms with Crippen LogP contribution in [0.1, 0.15) is 53.2 Å². The first-order chi connectivity index (χ1) is 16.1. The maximum absolute atomic E-state index is 13.2. The molecular formula is C26H33N3O4. The minimum atomic E-state index is -0.400. The topological polar surface area (TPSA) is 71.1 Å². The van der Waals surface area contributed by atoms with Gasteiger partial charge in [-0.15, -0.1) is 0 Å². The maximum atomic E-state index is 13.2. The molecule has 0 radical (unpaired) electrons. The van der Waals surface area contributed by atoms with Crippen LogP contribution in [0, 0.1) is 0 Å². The lowest BCUT2D eigenvalue weighted by Crippen LogP contribution is -2.35. The second kappa shape index (κ2) is 10.7. The standard InChI is InChI=1S/C26H33N3O4/c1-32-23-11-10-19(16-24(23)33-2)22(29-18-20-8-3-4-9-21(20)26(29)31)17-25(30)27-12-7-15-28-13-5-6-14-28/h3-4,8-11,16,22H,5-7,12-15,17-18H2,1-2H3,(H,27,30)/t22-/m1/s1. The van der Waals surface area contributed by atoms with Gasteiger partial charge in [0.2, 0.25) is 5.91 Å². The summed E-state index contributed by atoms with van der Waals surface area (Å²) in [6.45, 7) is 4.46. The minimum absolute atomic E-state index is 0.0489. The lowest BCUT2D eigenvalue weighted by atomic mass is 10.0.